The van der Waals surface area contributed by atoms with E-state index in [9.17, 15) is 14.4 Å². The van der Waals surface area contributed by atoms with Gasteiger partial charge in [-0.3, -0.25) is 19.4 Å². The summed E-state index contributed by atoms with van der Waals surface area (Å²) < 4.78 is 15.9. The molecule has 3 atom stereocenters. The first-order valence-electron chi connectivity index (χ1n) is 10.3. The maximum Gasteiger partial charge on any atom is 0.246 e. The summed E-state index contributed by atoms with van der Waals surface area (Å²) in [5.74, 6) is -1.31. The Kier molecular flexibility index (Phi) is 7.13. The number of allylic oxidation sites excluding steroid dienone is 1. The van der Waals surface area contributed by atoms with Gasteiger partial charge >= 0.3 is 0 Å². The van der Waals surface area contributed by atoms with Gasteiger partial charge in [0, 0.05) is 61.9 Å². The first-order valence-corrected chi connectivity index (χ1v) is 10.7. The van der Waals surface area contributed by atoms with Gasteiger partial charge < -0.3 is 15.1 Å². The highest BCUT2D eigenvalue weighted by Crippen LogP contribution is 2.37. The van der Waals surface area contributed by atoms with E-state index in [4.69, 9.17) is 11.6 Å². The number of hydrogen-bond acceptors (Lipinski definition) is 4. The van der Waals surface area contributed by atoms with Gasteiger partial charge in [-0.05, 0) is 36.8 Å². The van der Waals surface area contributed by atoms with Crippen molar-refractivity contribution in [3.63, 3.8) is 0 Å². The third-order valence-corrected chi connectivity index (χ3v) is 6.03. The van der Waals surface area contributed by atoms with Gasteiger partial charge in [-0.25, -0.2) is 4.39 Å². The molecule has 1 saturated heterocycles. The average molecular weight is 461 g/mol. The first-order chi connectivity index (χ1) is 15.2. The molecule has 32 heavy (non-hydrogen) atoms. The van der Waals surface area contributed by atoms with Gasteiger partial charge in [0.1, 0.15) is 11.9 Å². The molecular weight excluding hydrogens is 435 g/mol. The van der Waals surface area contributed by atoms with Crippen molar-refractivity contribution in [1.29, 1.82) is 0 Å². The molecule has 0 bridgehead atoms. The zero-order valence-electron chi connectivity index (χ0n) is 18.3. The fourth-order valence-corrected chi connectivity index (χ4v) is 4.58. The minimum absolute atomic E-state index is 0.118. The van der Waals surface area contributed by atoms with E-state index in [1.54, 1.807) is 15.9 Å². The van der Waals surface area contributed by atoms with Gasteiger partial charge in [0.25, 0.3) is 0 Å². The minimum atomic E-state index is -0.717. The molecule has 0 saturated carbocycles. The lowest BCUT2D eigenvalue weighted by Crippen LogP contribution is -2.56. The molecule has 1 unspecified atom stereocenters. The molecule has 3 amide bonds. The third kappa shape index (κ3) is 4.60. The molecule has 7 nitrogen and oxygen atoms in total. The number of rotatable bonds is 4. The molecule has 2 aliphatic heterocycles. The van der Waals surface area contributed by atoms with Gasteiger partial charge in [-0.15, -0.1) is 0 Å². The predicted octanol–water partition coefficient (Wildman–Crippen LogP) is 2.76. The first kappa shape index (κ1) is 23.7. The summed E-state index contributed by atoms with van der Waals surface area (Å²) in [5, 5.41) is 2.84. The van der Waals surface area contributed by atoms with Gasteiger partial charge in [-0.2, -0.15) is 0 Å². The number of hydrogen-bond donors (Lipinski definition) is 1. The van der Waals surface area contributed by atoms with Gasteiger partial charge in [-0.1, -0.05) is 18.2 Å². The molecule has 1 N–H and O–H groups in total. The van der Waals surface area contributed by atoms with Crippen molar-refractivity contribution in [3.05, 3.63) is 52.8 Å². The highest BCUT2D eigenvalue weighted by Gasteiger charge is 2.38. The van der Waals surface area contributed by atoms with Crippen LogP contribution < -0.4 is 5.32 Å². The monoisotopic (exact) mass is 460 g/mol. The number of benzene rings is 1. The molecular formula is C23H26ClFN4O3. The molecule has 0 aromatic heterocycles. The maximum atomic E-state index is 15.9. The van der Waals surface area contributed by atoms with Crippen molar-refractivity contribution >= 4 is 41.1 Å². The molecule has 9 heteroatoms. The second-order valence-electron chi connectivity index (χ2n) is 7.92. The number of carbonyl (C=O) groups is 3. The number of aliphatic imine (C=N–C) groups is 1. The highest BCUT2D eigenvalue weighted by atomic mass is 35.5. The number of halogens is 2. The second kappa shape index (κ2) is 9.65. The fraction of sp³-hybridized carbons (Fsp3) is 0.391. The van der Waals surface area contributed by atoms with Crippen molar-refractivity contribution in [3.8, 4) is 0 Å². The highest BCUT2D eigenvalue weighted by molar-refractivity contribution is 6.30. The number of amides is 3. The van der Waals surface area contributed by atoms with Crippen LogP contribution in [0.3, 0.4) is 0 Å². The van der Waals surface area contributed by atoms with Gasteiger partial charge in [0.15, 0.2) is 0 Å². The number of carbonyl (C=O) groups excluding carboxylic acids is 3. The van der Waals surface area contributed by atoms with E-state index in [2.05, 4.69) is 16.9 Å². The van der Waals surface area contributed by atoms with Crippen LogP contribution in [0.5, 0.6) is 0 Å². The third-order valence-electron chi connectivity index (χ3n) is 5.81. The molecule has 3 rings (SSSR count). The Hall–Kier alpha value is -3.00. The summed E-state index contributed by atoms with van der Waals surface area (Å²) in [6, 6.07) is 1.29. The number of dihydropyridines is 1. The van der Waals surface area contributed by atoms with E-state index in [0.29, 0.717) is 17.1 Å². The zero-order chi connectivity index (χ0) is 23.6. The molecule has 2 heterocycles. The molecule has 0 radical (unpaired) electrons. The van der Waals surface area contributed by atoms with Crippen LogP contribution in [-0.2, 0) is 14.4 Å². The second-order valence-corrected chi connectivity index (χ2v) is 8.36. The lowest BCUT2D eigenvalue weighted by molar-refractivity contribution is -0.143. The summed E-state index contributed by atoms with van der Waals surface area (Å²) in [6.07, 6.45) is 4.55. The Morgan fingerprint density at radius 1 is 1.31 bits per heavy atom. The van der Waals surface area contributed by atoms with Crippen molar-refractivity contribution in [1.82, 2.24) is 15.1 Å². The number of piperazine rings is 1. The van der Waals surface area contributed by atoms with E-state index in [-0.39, 0.29) is 47.9 Å². The van der Waals surface area contributed by atoms with Crippen molar-refractivity contribution in [2.24, 2.45) is 4.99 Å². The molecule has 2 aliphatic rings. The number of likely N-dealkylation sites (N-methyl/N-ethyl adjacent to an activating group) is 1. The summed E-state index contributed by atoms with van der Waals surface area (Å²) in [4.78, 5) is 44.0. The Morgan fingerprint density at radius 2 is 2.03 bits per heavy atom. The van der Waals surface area contributed by atoms with E-state index >= 15 is 4.39 Å². The summed E-state index contributed by atoms with van der Waals surface area (Å²) in [7, 11) is 1.52. The normalized spacial score (nSPS) is 22.9. The molecule has 0 spiro atoms. The number of nitrogens with zero attached hydrogens (tertiary/aromatic N) is 3. The van der Waals surface area contributed by atoms with Crippen LogP contribution in [0.15, 0.2) is 35.9 Å². The van der Waals surface area contributed by atoms with Crippen LogP contribution in [0.2, 0.25) is 5.02 Å². The summed E-state index contributed by atoms with van der Waals surface area (Å²) in [6.45, 7) is 7.21. The Labute approximate surface area is 191 Å². The molecule has 0 aliphatic carbocycles. The molecule has 1 aromatic carbocycles. The van der Waals surface area contributed by atoms with E-state index < -0.39 is 17.9 Å². The van der Waals surface area contributed by atoms with Gasteiger partial charge in [0.05, 0.1) is 6.04 Å². The topological polar surface area (TPSA) is 82.1 Å². The Morgan fingerprint density at radius 3 is 2.66 bits per heavy atom. The summed E-state index contributed by atoms with van der Waals surface area (Å²) >= 11 is 6.37. The molecule has 1 aromatic rings. The quantitative estimate of drug-likeness (QED) is 0.701. The number of nitrogens with one attached hydrogen (secondary N) is 1. The van der Waals surface area contributed by atoms with Crippen LogP contribution in [0.25, 0.3) is 5.57 Å². The fourth-order valence-electron chi connectivity index (χ4n) is 4.35. The van der Waals surface area contributed by atoms with Crippen LogP contribution >= 0.6 is 11.6 Å². The SMILES string of the molecule is C=CC(=O)N1C[C@@H](C)N(C(C)=O)[C@H](c2cc(Cl)cc(C3=CC=NC(C(=O)NC)C3)c2F)C1. The van der Waals surface area contributed by atoms with Crippen LogP contribution in [0.1, 0.15) is 37.4 Å². The van der Waals surface area contributed by atoms with Gasteiger partial charge in [0.2, 0.25) is 17.7 Å². The average Bonchev–Trinajstić information content (AvgIpc) is 2.78. The van der Waals surface area contributed by atoms with Crippen molar-refractivity contribution < 1.29 is 18.8 Å². The lowest BCUT2D eigenvalue weighted by atomic mass is 9.91. The Balaban J connectivity index is 2.06. The maximum absolute atomic E-state index is 15.9. The lowest BCUT2D eigenvalue weighted by Gasteiger charge is -2.45. The molecule has 170 valence electrons. The van der Waals surface area contributed by atoms with Crippen LogP contribution in [-0.4, -0.2) is 66.0 Å². The van der Waals surface area contributed by atoms with Crippen LogP contribution in [0, 0.1) is 5.82 Å². The van der Waals surface area contributed by atoms with Crippen molar-refractivity contribution in [2.45, 2.75) is 38.4 Å². The Bertz CT molecular complexity index is 1020. The largest absolute Gasteiger partial charge is 0.357 e. The van der Waals surface area contributed by atoms with Crippen LogP contribution in [0.4, 0.5) is 4.39 Å². The van der Waals surface area contributed by atoms with Crippen molar-refractivity contribution in [2.75, 3.05) is 20.1 Å². The minimum Gasteiger partial charge on any atom is -0.357 e. The predicted molar refractivity (Wildman–Crippen MR) is 122 cm³/mol. The molecule has 1 fully saturated rings. The summed E-state index contributed by atoms with van der Waals surface area (Å²) in [5.41, 5.74) is 1.04. The van der Waals surface area contributed by atoms with E-state index in [0.717, 1.165) is 0 Å². The van der Waals surface area contributed by atoms with E-state index in [1.165, 1.54) is 38.4 Å². The standard InChI is InChI=1S/C23H26ClFN4O3/c1-5-21(31)28-11-13(2)29(14(3)30)20(12-28)18-10-16(24)9-17(22(18)25)15-6-7-27-19(8-15)23(32)26-4/h5-7,9-10,13,19-20H,1,8,11-12H2,2-4H3,(H,26,32)/t13-,19?,20+/m1/s1. The van der Waals surface area contributed by atoms with E-state index in [1.807, 2.05) is 6.92 Å². The smallest absolute Gasteiger partial charge is 0.246 e. The zero-order valence-corrected chi connectivity index (χ0v) is 19.0.